The summed E-state index contributed by atoms with van der Waals surface area (Å²) in [5.74, 6) is -0.937. The van der Waals surface area contributed by atoms with E-state index in [-0.39, 0.29) is 30.6 Å². The van der Waals surface area contributed by atoms with Crippen LogP contribution < -0.4 is 5.32 Å². The van der Waals surface area contributed by atoms with Crippen molar-refractivity contribution in [2.24, 2.45) is 4.99 Å². The molecule has 1 aliphatic heterocycles. The number of aliphatic imine (C=N–C) groups is 1. The topological polar surface area (TPSA) is 61.8 Å². The van der Waals surface area contributed by atoms with Crippen molar-refractivity contribution < 1.29 is 14.0 Å². The van der Waals surface area contributed by atoms with Gasteiger partial charge in [-0.1, -0.05) is 59.2 Å². The lowest BCUT2D eigenvalue weighted by atomic mass is 10.2. The van der Waals surface area contributed by atoms with Crippen molar-refractivity contribution in [1.29, 1.82) is 0 Å². The summed E-state index contributed by atoms with van der Waals surface area (Å²) in [6.07, 6.45) is -0.00808. The number of amidine groups is 1. The molecule has 1 heterocycles. The number of anilines is 1. The van der Waals surface area contributed by atoms with E-state index in [9.17, 15) is 14.0 Å². The Morgan fingerprint density at radius 3 is 2.62 bits per heavy atom. The van der Waals surface area contributed by atoms with Crippen LogP contribution in [0.15, 0.2) is 71.7 Å². The number of nitrogens with zero attached hydrogens (tertiary/aromatic N) is 2. The third kappa shape index (κ3) is 5.97. The van der Waals surface area contributed by atoms with E-state index >= 15 is 0 Å². The van der Waals surface area contributed by atoms with Gasteiger partial charge in [-0.25, -0.2) is 9.38 Å². The summed E-state index contributed by atoms with van der Waals surface area (Å²) in [5.41, 5.74) is 2.75. The van der Waals surface area contributed by atoms with E-state index in [2.05, 4.69) is 10.3 Å². The summed E-state index contributed by atoms with van der Waals surface area (Å²) in [6.45, 7) is 2.07. The second-order valence-corrected chi connectivity index (χ2v) is 9.76. The fourth-order valence-corrected chi connectivity index (χ4v) is 4.78. The van der Waals surface area contributed by atoms with Crippen molar-refractivity contribution in [3.8, 4) is 0 Å². The Labute approximate surface area is 211 Å². The average Bonchev–Trinajstić information content (AvgIpc) is 2.79. The molecule has 1 N–H and O–H groups in total. The second kappa shape index (κ2) is 10.6. The molecule has 34 heavy (non-hydrogen) atoms. The molecule has 5 nitrogen and oxygen atoms in total. The fourth-order valence-electron chi connectivity index (χ4n) is 3.32. The monoisotopic (exact) mass is 515 g/mol. The summed E-state index contributed by atoms with van der Waals surface area (Å²) in [4.78, 5) is 32.3. The summed E-state index contributed by atoms with van der Waals surface area (Å²) < 4.78 is 13.3. The summed E-state index contributed by atoms with van der Waals surface area (Å²) in [5, 5.41) is 3.56. The Morgan fingerprint density at radius 2 is 1.91 bits per heavy atom. The van der Waals surface area contributed by atoms with Crippen LogP contribution in [0.5, 0.6) is 0 Å². The second-order valence-electron chi connectivity index (χ2n) is 7.74. The first-order valence-corrected chi connectivity index (χ1v) is 12.0. The van der Waals surface area contributed by atoms with Crippen molar-refractivity contribution in [3.63, 3.8) is 0 Å². The molecule has 1 fully saturated rings. The molecule has 0 saturated carbocycles. The maximum atomic E-state index is 13.3. The predicted octanol–water partition coefficient (Wildman–Crippen LogP) is 6.60. The number of hydrogen-bond acceptors (Lipinski definition) is 4. The van der Waals surface area contributed by atoms with Crippen molar-refractivity contribution >= 4 is 63.3 Å². The Bertz CT molecular complexity index is 1270. The number of nitrogens with one attached hydrogen (secondary N) is 1. The number of rotatable bonds is 5. The highest BCUT2D eigenvalue weighted by atomic mass is 35.5. The molecule has 1 aliphatic rings. The molecule has 4 rings (SSSR count). The van der Waals surface area contributed by atoms with E-state index in [0.29, 0.717) is 26.6 Å². The largest absolute Gasteiger partial charge is 0.325 e. The van der Waals surface area contributed by atoms with Crippen LogP contribution in [0.1, 0.15) is 17.5 Å². The molecule has 1 atom stereocenters. The lowest BCUT2D eigenvalue weighted by Crippen LogP contribution is -2.44. The lowest BCUT2D eigenvalue weighted by molar-refractivity contribution is -0.129. The zero-order chi connectivity index (χ0) is 24.2. The molecular formula is C25H20Cl2FN3O2S. The molecule has 174 valence electrons. The van der Waals surface area contributed by atoms with Crippen molar-refractivity contribution in [1.82, 2.24) is 4.90 Å². The summed E-state index contributed by atoms with van der Waals surface area (Å²) in [7, 11) is 0. The molecular weight excluding hydrogens is 496 g/mol. The normalized spacial score (nSPS) is 17.2. The van der Waals surface area contributed by atoms with Gasteiger partial charge in [-0.05, 0) is 60.5 Å². The molecule has 0 spiro atoms. The highest BCUT2D eigenvalue weighted by Gasteiger charge is 2.36. The Kier molecular flexibility index (Phi) is 7.56. The summed E-state index contributed by atoms with van der Waals surface area (Å²) in [6, 6.07) is 18.1. The molecule has 0 aromatic heterocycles. The number of carbonyl (C=O) groups is 2. The molecule has 1 unspecified atom stereocenters. The van der Waals surface area contributed by atoms with Gasteiger partial charge in [0.1, 0.15) is 11.1 Å². The zero-order valence-electron chi connectivity index (χ0n) is 18.1. The van der Waals surface area contributed by atoms with Crippen LogP contribution in [0.3, 0.4) is 0 Å². The molecule has 0 radical (unpaired) electrons. The standard InChI is InChI=1S/C25H20Cl2FN3O2S/c1-15-5-10-20(12-21(15)27)29-24(33)22-13-23(32)31(14-16-6-8-18(28)9-7-16)25(34-22)30-19-4-2-3-17(26)11-19/h2-12,22H,13-14H2,1H3,(H,29,33). The highest BCUT2D eigenvalue weighted by molar-refractivity contribution is 8.15. The van der Waals surface area contributed by atoms with Gasteiger partial charge in [-0.3, -0.25) is 14.5 Å². The van der Waals surface area contributed by atoms with Gasteiger partial charge in [-0.2, -0.15) is 0 Å². The predicted molar refractivity (Wildman–Crippen MR) is 136 cm³/mol. The number of halogens is 3. The molecule has 2 amide bonds. The zero-order valence-corrected chi connectivity index (χ0v) is 20.4. The van der Waals surface area contributed by atoms with Gasteiger partial charge in [0.25, 0.3) is 0 Å². The minimum absolute atomic E-state index is 0.00808. The van der Waals surface area contributed by atoms with E-state index in [1.54, 1.807) is 48.5 Å². The molecule has 3 aromatic rings. The number of hydrogen-bond donors (Lipinski definition) is 1. The Hall–Kier alpha value is -2.87. The highest BCUT2D eigenvalue weighted by Crippen LogP contribution is 2.32. The van der Waals surface area contributed by atoms with E-state index in [1.165, 1.54) is 28.8 Å². The van der Waals surface area contributed by atoms with Gasteiger partial charge < -0.3 is 5.32 Å². The SMILES string of the molecule is Cc1ccc(NC(=O)C2CC(=O)N(Cc3ccc(F)cc3)C(=Nc3cccc(Cl)c3)S2)cc1Cl. The first-order chi connectivity index (χ1) is 16.3. The van der Waals surface area contributed by atoms with E-state index in [4.69, 9.17) is 23.2 Å². The number of carbonyl (C=O) groups excluding carboxylic acids is 2. The van der Waals surface area contributed by atoms with Gasteiger partial charge >= 0.3 is 0 Å². The minimum Gasteiger partial charge on any atom is -0.325 e. The number of thioether (sulfide) groups is 1. The van der Waals surface area contributed by atoms with E-state index in [0.717, 1.165) is 11.1 Å². The maximum Gasteiger partial charge on any atom is 0.238 e. The van der Waals surface area contributed by atoms with Gasteiger partial charge in [0.2, 0.25) is 11.8 Å². The quantitative estimate of drug-likeness (QED) is 0.416. The smallest absolute Gasteiger partial charge is 0.238 e. The number of benzene rings is 3. The van der Waals surface area contributed by atoms with Gasteiger partial charge in [-0.15, -0.1) is 0 Å². The van der Waals surface area contributed by atoms with Crippen molar-refractivity contribution in [2.45, 2.75) is 25.1 Å². The van der Waals surface area contributed by atoms with Crippen LogP contribution in [-0.2, 0) is 16.1 Å². The molecule has 0 bridgehead atoms. The van der Waals surface area contributed by atoms with Gasteiger partial charge in [0.05, 0.1) is 12.2 Å². The molecule has 3 aromatic carbocycles. The summed E-state index contributed by atoms with van der Waals surface area (Å²) >= 11 is 13.5. The van der Waals surface area contributed by atoms with Crippen LogP contribution in [0.25, 0.3) is 0 Å². The Balaban J connectivity index is 1.60. The maximum absolute atomic E-state index is 13.3. The fraction of sp³-hybridized carbons (Fsp3) is 0.160. The van der Waals surface area contributed by atoms with E-state index < -0.39 is 5.25 Å². The van der Waals surface area contributed by atoms with Crippen molar-refractivity contribution in [3.05, 3.63) is 93.7 Å². The van der Waals surface area contributed by atoms with Crippen LogP contribution in [0.4, 0.5) is 15.8 Å². The van der Waals surface area contributed by atoms with Crippen LogP contribution in [0.2, 0.25) is 10.0 Å². The number of aryl methyl sites for hydroxylation is 1. The lowest BCUT2D eigenvalue weighted by Gasteiger charge is -2.32. The van der Waals surface area contributed by atoms with Gasteiger partial charge in [0.15, 0.2) is 5.17 Å². The number of amides is 2. The first-order valence-electron chi connectivity index (χ1n) is 10.4. The first kappa shape index (κ1) is 24.3. The van der Waals surface area contributed by atoms with Crippen LogP contribution >= 0.6 is 35.0 Å². The van der Waals surface area contributed by atoms with E-state index in [1.807, 2.05) is 13.0 Å². The molecule has 1 saturated heterocycles. The molecule has 0 aliphatic carbocycles. The van der Waals surface area contributed by atoms with Gasteiger partial charge in [0, 0.05) is 22.2 Å². The third-order valence-corrected chi connectivity index (χ3v) is 6.99. The minimum atomic E-state index is -0.685. The van der Waals surface area contributed by atoms with Crippen LogP contribution in [-0.4, -0.2) is 27.1 Å². The molecule has 9 heteroatoms. The van der Waals surface area contributed by atoms with Crippen molar-refractivity contribution in [2.75, 3.05) is 5.32 Å². The average molecular weight is 516 g/mol. The Morgan fingerprint density at radius 1 is 1.15 bits per heavy atom. The third-order valence-electron chi connectivity index (χ3n) is 5.16. The van der Waals surface area contributed by atoms with Crippen LogP contribution in [0, 0.1) is 12.7 Å².